The molecule has 0 saturated carbocycles. The second-order valence-corrected chi connectivity index (χ2v) is 5.96. The van der Waals surface area contributed by atoms with E-state index in [-0.39, 0.29) is 21.1 Å². The summed E-state index contributed by atoms with van der Waals surface area (Å²) >= 11 is 10.6. The van der Waals surface area contributed by atoms with E-state index < -0.39 is 0 Å². The monoisotopic (exact) mass is 541 g/mol. The van der Waals surface area contributed by atoms with Crippen molar-refractivity contribution in [2.24, 2.45) is 9.98 Å². The quantitative estimate of drug-likeness (QED) is 0.343. The molecule has 25 heavy (non-hydrogen) atoms. The zero-order valence-corrected chi connectivity index (χ0v) is 17.0. The van der Waals surface area contributed by atoms with Gasteiger partial charge in [0.1, 0.15) is 0 Å². The molecular weight excluding hydrogens is 527 g/mol. The predicted octanol–water partition coefficient (Wildman–Crippen LogP) is 5.00. The summed E-state index contributed by atoms with van der Waals surface area (Å²) in [5.41, 5.74) is 3.41. The fourth-order valence-corrected chi connectivity index (χ4v) is 2.53. The van der Waals surface area contributed by atoms with E-state index in [2.05, 4.69) is 9.98 Å². The maximum absolute atomic E-state index is 5.30. The maximum atomic E-state index is 5.30. The number of rotatable bonds is 4. The number of nitrogens with zero attached hydrogens (tertiary/aromatic N) is 2. The van der Waals surface area contributed by atoms with Crippen LogP contribution in [0.3, 0.4) is 0 Å². The average molecular weight is 542 g/mol. The molecule has 0 fully saturated rings. The Morgan fingerprint density at radius 2 is 0.920 bits per heavy atom. The minimum Gasteiger partial charge on any atom is -0.779 e. The molecule has 0 bridgehead atoms. The second-order valence-electron chi connectivity index (χ2n) is 5.08. The summed E-state index contributed by atoms with van der Waals surface area (Å²) in [6, 6.07) is 23.1. The van der Waals surface area contributed by atoms with Crippen molar-refractivity contribution in [3.05, 3.63) is 83.9 Å². The van der Waals surface area contributed by atoms with Crippen LogP contribution in [0.1, 0.15) is 11.1 Å². The summed E-state index contributed by atoms with van der Waals surface area (Å²) in [5.74, 6) is 0. The molecule has 0 amide bonds. The summed E-state index contributed by atoms with van der Waals surface area (Å²) in [4.78, 5) is 10.6. The first-order valence-corrected chi connectivity index (χ1v) is 8.25. The van der Waals surface area contributed by atoms with Gasteiger partial charge in [0.05, 0.1) is 11.4 Å². The van der Waals surface area contributed by atoms with Crippen molar-refractivity contribution in [1.29, 1.82) is 0 Å². The van der Waals surface area contributed by atoms with Crippen molar-refractivity contribution < 1.29 is 21.1 Å². The summed E-state index contributed by atoms with van der Waals surface area (Å²) in [5, 5.41) is 0. The van der Waals surface area contributed by atoms with E-state index in [1.54, 1.807) is 12.4 Å². The van der Waals surface area contributed by atoms with Gasteiger partial charge in [-0.2, -0.15) is 9.79 Å². The third kappa shape index (κ3) is 5.30. The molecule has 0 aliphatic rings. The van der Waals surface area contributed by atoms with Gasteiger partial charge in [-0.1, -0.05) is 60.7 Å². The van der Waals surface area contributed by atoms with Gasteiger partial charge in [-0.25, -0.2) is 0 Å². The van der Waals surface area contributed by atoms with Crippen molar-refractivity contribution in [3.63, 3.8) is 0 Å². The Morgan fingerprint density at radius 1 is 0.560 bits per heavy atom. The number of benzene rings is 3. The van der Waals surface area contributed by atoms with E-state index in [1.807, 2.05) is 72.8 Å². The van der Waals surface area contributed by atoms with Gasteiger partial charge >= 0.3 is 21.1 Å². The first kappa shape index (κ1) is 19.5. The Kier molecular flexibility index (Phi) is 7.45. The molecule has 0 aromatic heterocycles. The SMILES string of the molecule is [Pt+2].[S-]c1ccccc1C=Nc1ccccc1N=Cc1ccccc1[S-]. The third-order valence-corrected chi connectivity index (χ3v) is 4.15. The largest absolute Gasteiger partial charge is 2.00 e. The van der Waals surface area contributed by atoms with Gasteiger partial charge in [0.15, 0.2) is 0 Å². The molecule has 5 heteroatoms. The van der Waals surface area contributed by atoms with Crippen LogP contribution in [0.4, 0.5) is 11.4 Å². The van der Waals surface area contributed by atoms with E-state index in [1.165, 1.54) is 0 Å². The van der Waals surface area contributed by atoms with Crippen LogP contribution in [0.25, 0.3) is 0 Å². The van der Waals surface area contributed by atoms with Gasteiger partial charge in [-0.15, -0.1) is 0 Å². The fraction of sp³-hybridized carbons (Fsp3) is 0. The third-order valence-electron chi connectivity index (χ3n) is 3.41. The normalized spacial score (nSPS) is 10.9. The van der Waals surface area contributed by atoms with E-state index in [4.69, 9.17) is 25.3 Å². The smallest absolute Gasteiger partial charge is 0.779 e. The van der Waals surface area contributed by atoms with Gasteiger partial charge in [-0.05, 0) is 23.3 Å². The van der Waals surface area contributed by atoms with Gasteiger partial charge in [0, 0.05) is 12.4 Å². The van der Waals surface area contributed by atoms with Crippen LogP contribution < -0.4 is 0 Å². The van der Waals surface area contributed by atoms with Crippen molar-refractivity contribution in [3.8, 4) is 0 Å². The molecule has 3 aromatic rings. The Balaban J connectivity index is 0.00000225. The Bertz CT molecular complexity index is 833. The van der Waals surface area contributed by atoms with Crippen molar-refractivity contribution in [2.75, 3.05) is 0 Å². The van der Waals surface area contributed by atoms with Crippen LogP contribution in [0.5, 0.6) is 0 Å². The number of hydrogen-bond acceptors (Lipinski definition) is 4. The summed E-state index contributed by atoms with van der Waals surface area (Å²) in [6.45, 7) is 0. The molecule has 0 radical (unpaired) electrons. The number of hydrogen-bond donors (Lipinski definition) is 0. The van der Waals surface area contributed by atoms with Crippen molar-refractivity contribution >= 4 is 49.1 Å². The predicted molar refractivity (Wildman–Crippen MR) is 105 cm³/mol. The second kappa shape index (κ2) is 9.57. The molecule has 0 N–H and O–H groups in total. The van der Waals surface area contributed by atoms with Gasteiger partial charge < -0.3 is 25.3 Å². The first-order chi connectivity index (χ1) is 11.7. The van der Waals surface area contributed by atoms with Gasteiger partial charge in [-0.3, -0.25) is 9.98 Å². The first-order valence-electron chi connectivity index (χ1n) is 7.43. The molecule has 0 heterocycles. The molecule has 0 unspecified atom stereocenters. The Morgan fingerprint density at radius 3 is 1.32 bits per heavy atom. The zero-order valence-electron chi connectivity index (χ0n) is 13.1. The van der Waals surface area contributed by atoms with E-state index in [0.717, 1.165) is 32.3 Å². The number of aliphatic imine (C=N–C) groups is 2. The molecule has 2 nitrogen and oxygen atoms in total. The minimum absolute atomic E-state index is 0. The Labute approximate surface area is 173 Å². The van der Waals surface area contributed by atoms with Gasteiger partial charge in [0.25, 0.3) is 0 Å². The molecule has 0 aliphatic heterocycles. The van der Waals surface area contributed by atoms with E-state index in [0.29, 0.717) is 0 Å². The van der Waals surface area contributed by atoms with Crippen LogP contribution >= 0.6 is 0 Å². The summed E-state index contributed by atoms with van der Waals surface area (Å²) in [7, 11) is 0. The molecule has 3 rings (SSSR count). The molecule has 126 valence electrons. The van der Waals surface area contributed by atoms with Crippen LogP contribution in [-0.4, -0.2) is 12.4 Å². The minimum atomic E-state index is 0. The molecule has 3 aromatic carbocycles. The van der Waals surface area contributed by atoms with Crippen LogP contribution in [0, 0.1) is 0 Å². The number of para-hydroxylation sites is 2. The molecule has 0 spiro atoms. The summed E-state index contributed by atoms with van der Waals surface area (Å²) in [6.07, 6.45) is 3.55. The van der Waals surface area contributed by atoms with Crippen LogP contribution in [0.15, 0.2) is 92.6 Å². The van der Waals surface area contributed by atoms with Crippen LogP contribution in [0.2, 0.25) is 0 Å². The van der Waals surface area contributed by atoms with Crippen molar-refractivity contribution in [1.82, 2.24) is 0 Å². The molecular formula is C20H14N2PtS2. The van der Waals surface area contributed by atoms with E-state index in [9.17, 15) is 0 Å². The molecule has 0 saturated heterocycles. The van der Waals surface area contributed by atoms with Crippen LogP contribution in [-0.2, 0) is 46.3 Å². The molecule has 0 aliphatic carbocycles. The van der Waals surface area contributed by atoms with Crippen molar-refractivity contribution in [2.45, 2.75) is 9.79 Å². The standard InChI is InChI=1S/C20H16N2S2.Pt/c23-19-11-5-1-7-15(19)13-21-17-9-3-4-10-18(17)22-14-16-8-2-6-12-20(16)24;/h1-14,23-24H;/q;+2/p-2. The fourth-order valence-electron chi connectivity index (χ4n) is 2.14. The Hall–Kier alpha value is -1.87. The summed E-state index contributed by atoms with van der Waals surface area (Å²) < 4.78 is 0. The maximum Gasteiger partial charge on any atom is 2.00 e. The average Bonchev–Trinajstić information content (AvgIpc) is 2.61. The van der Waals surface area contributed by atoms with Gasteiger partial charge in [0.2, 0.25) is 0 Å². The topological polar surface area (TPSA) is 24.7 Å². The zero-order chi connectivity index (χ0) is 16.8. The molecule has 0 atom stereocenters. The van der Waals surface area contributed by atoms with E-state index >= 15 is 0 Å².